The highest BCUT2D eigenvalue weighted by Crippen LogP contribution is 2.35. The molecule has 0 fully saturated rings. The van der Waals surface area contributed by atoms with Crippen LogP contribution in [0.3, 0.4) is 0 Å². The van der Waals surface area contributed by atoms with Gasteiger partial charge in [0.2, 0.25) is 0 Å². The van der Waals surface area contributed by atoms with Crippen molar-refractivity contribution in [1.29, 1.82) is 0 Å². The van der Waals surface area contributed by atoms with E-state index in [-0.39, 0.29) is 7.43 Å². The van der Waals surface area contributed by atoms with Crippen molar-refractivity contribution >= 4 is 14.7 Å². The molecule has 0 heterocycles. The Morgan fingerprint density at radius 3 is 1.17 bits per heavy atom. The van der Waals surface area contributed by atoms with Crippen LogP contribution in [-0.2, 0) is 13.7 Å². The number of hydrogen-bond donors (Lipinski definition) is 1. The zero-order chi connectivity index (χ0) is 9.71. The van der Waals surface area contributed by atoms with Gasteiger partial charge in [0, 0.05) is 33.8 Å². The van der Waals surface area contributed by atoms with E-state index in [0.717, 1.165) is 0 Å². The Bertz CT molecular complexity index is 170. The van der Waals surface area contributed by atoms with Crippen LogP contribution in [0.1, 0.15) is 7.43 Å². The lowest BCUT2D eigenvalue weighted by molar-refractivity contribution is 0.404. The van der Waals surface area contributed by atoms with Crippen LogP contribution in [0.2, 0.25) is 0 Å². The standard InChI is InChI=1S/C3H9O2P.C2H7O2P.CH4/c1-5-6(2,3)4;1-5(2,3)4;/h1-3H3;1-2H3,(H,3,4);1H4. The molecule has 0 radical (unpaired) electrons. The average Bonchev–Trinajstić information content (AvgIpc) is 1.59. The van der Waals surface area contributed by atoms with Crippen LogP contribution >= 0.6 is 14.7 Å². The van der Waals surface area contributed by atoms with Crippen molar-refractivity contribution in [2.24, 2.45) is 0 Å². The fraction of sp³-hybridized carbons (Fsp3) is 1.00. The minimum absolute atomic E-state index is 0. The summed E-state index contributed by atoms with van der Waals surface area (Å²) in [6, 6.07) is 0. The Balaban J connectivity index is -0.000000126. The highest BCUT2D eigenvalue weighted by molar-refractivity contribution is 7.57. The maximum Gasteiger partial charge on any atom is 0.196 e. The van der Waals surface area contributed by atoms with Crippen molar-refractivity contribution < 1.29 is 18.5 Å². The van der Waals surface area contributed by atoms with Crippen molar-refractivity contribution in [3.8, 4) is 0 Å². The fourth-order valence-corrected chi connectivity index (χ4v) is 0. The molecule has 0 saturated carbocycles. The molecule has 12 heavy (non-hydrogen) atoms. The van der Waals surface area contributed by atoms with Gasteiger partial charge in [-0.05, 0) is 0 Å². The summed E-state index contributed by atoms with van der Waals surface area (Å²) in [7, 11) is -3.34. The van der Waals surface area contributed by atoms with Crippen LogP contribution < -0.4 is 0 Å². The van der Waals surface area contributed by atoms with E-state index in [2.05, 4.69) is 4.52 Å². The van der Waals surface area contributed by atoms with Crippen LogP contribution in [0.4, 0.5) is 0 Å². The summed E-state index contributed by atoms with van der Waals surface area (Å²) in [6.07, 6.45) is 0. The van der Waals surface area contributed by atoms with Crippen molar-refractivity contribution in [2.75, 3.05) is 33.8 Å². The smallest absolute Gasteiger partial charge is 0.196 e. The van der Waals surface area contributed by atoms with E-state index in [9.17, 15) is 9.13 Å². The van der Waals surface area contributed by atoms with Crippen molar-refractivity contribution in [2.45, 2.75) is 7.43 Å². The molecule has 0 aliphatic carbocycles. The van der Waals surface area contributed by atoms with Gasteiger partial charge in [-0.2, -0.15) is 0 Å². The minimum atomic E-state index is -2.64. The van der Waals surface area contributed by atoms with Gasteiger partial charge in [-0.15, -0.1) is 0 Å². The molecule has 78 valence electrons. The lowest BCUT2D eigenvalue weighted by Crippen LogP contribution is -1.74. The second kappa shape index (κ2) is 6.85. The molecule has 0 aromatic rings. The van der Waals surface area contributed by atoms with Crippen LogP contribution in [0.25, 0.3) is 0 Å². The molecule has 0 unspecified atom stereocenters. The molecule has 0 rings (SSSR count). The summed E-state index contributed by atoms with van der Waals surface area (Å²) < 4.78 is 24.6. The van der Waals surface area contributed by atoms with Crippen LogP contribution in [0, 0.1) is 0 Å². The third-order valence-corrected chi connectivity index (χ3v) is 1.32. The van der Waals surface area contributed by atoms with E-state index < -0.39 is 14.7 Å². The van der Waals surface area contributed by atoms with Gasteiger partial charge < -0.3 is 9.42 Å². The van der Waals surface area contributed by atoms with Gasteiger partial charge in [0.15, 0.2) is 14.7 Å². The molecule has 4 nitrogen and oxygen atoms in total. The van der Waals surface area contributed by atoms with Gasteiger partial charge in [0.25, 0.3) is 0 Å². The first-order valence-electron chi connectivity index (χ1n) is 2.94. The zero-order valence-electron chi connectivity index (χ0n) is 7.57. The van der Waals surface area contributed by atoms with Gasteiger partial charge in [-0.3, -0.25) is 9.13 Å². The minimum Gasteiger partial charge on any atom is -0.345 e. The fourth-order valence-electron chi connectivity index (χ4n) is 0. The highest BCUT2D eigenvalue weighted by atomic mass is 31.2. The maximum atomic E-state index is 10.4. The molecule has 0 bridgehead atoms. The zero-order valence-corrected chi connectivity index (χ0v) is 9.36. The molecule has 1 N–H and O–H groups in total. The summed E-state index contributed by atoms with van der Waals surface area (Å²) in [5.41, 5.74) is 0. The Morgan fingerprint density at radius 2 is 1.17 bits per heavy atom. The summed E-state index contributed by atoms with van der Waals surface area (Å²) in [5, 5.41) is 0. The van der Waals surface area contributed by atoms with E-state index in [1.54, 1.807) is 13.3 Å². The molecule has 0 aromatic heterocycles. The van der Waals surface area contributed by atoms with Crippen LogP contribution in [0.5, 0.6) is 0 Å². The second-order valence-corrected chi connectivity index (χ2v) is 8.19. The van der Waals surface area contributed by atoms with Gasteiger partial charge in [0.1, 0.15) is 0 Å². The first-order valence-corrected chi connectivity index (χ1v) is 8.02. The molecule has 6 heteroatoms. The van der Waals surface area contributed by atoms with Gasteiger partial charge in [-0.25, -0.2) is 0 Å². The Kier molecular flexibility index (Phi) is 10.4. The normalized spacial score (nSPS) is 10.8. The topological polar surface area (TPSA) is 63.6 Å². The van der Waals surface area contributed by atoms with Crippen molar-refractivity contribution in [1.82, 2.24) is 0 Å². The number of hydrogen-bond acceptors (Lipinski definition) is 3. The van der Waals surface area contributed by atoms with Crippen LogP contribution in [0.15, 0.2) is 0 Å². The van der Waals surface area contributed by atoms with Gasteiger partial charge >= 0.3 is 0 Å². The van der Waals surface area contributed by atoms with Gasteiger partial charge in [-0.1, -0.05) is 7.43 Å². The predicted molar refractivity (Wildman–Crippen MR) is 54.9 cm³/mol. The van der Waals surface area contributed by atoms with E-state index in [4.69, 9.17) is 4.89 Å². The van der Waals surface area contributed by atoms with Crippen LogP contribution in [-0.4, -0.2) is 38.7 Å². The van der Waals surface area contributed by atoms with E-state index in [0.29, 0.717) is 0 Å². The van der Waals surface area contributed by atoms with E-state index in [1.165, 1.54) is 20.4 Å². The number of rotatable bonds is 1. The van der Waals surface area contributed by atoms with E-state index >= 15 is 0 Å². The maximum absolute atomic E-state index is 10.4. The molecular weight excluding hydrogens is 198 g/mol. The monoisotopic (exact) mass is 218 g/mol. The molecule has 0 aromatic carbocycles. The summed E-state index contributed by atoms with van der Waals surface area (Å²) in [5.74, 6) is 0. The van der Waals surface area contributed by atoms with Crippen molar-refractivity contribution in [3.63, 3.8) is 0 Å². The molecule has 0 aliphatic heterocycles. The quantitative estimate of drug-likeness (QED) is 0.686. The SMILES string of the molecule is C.COP(C)(C)=O.CP(C)(=O)O. The van der Waals surface area contributed by atoms with Gasteiger partial charge in [0.05, 0.1) is 0 Å². The predicted octanol–water partition coefficient (Wildman–Crippen LogP) is 2.32. The lowest BCUT2D eigenvalue weighted by Gasteiger charge is -1.98. The van der Waals surface area contributed by atoms with E-state index in [1.807, 2.05) is 0 Å². The largest absolute Gasteiger partial charge is 0.345 e. The molecule has 0 amide bonds. The Morgan fingerprint density at radius 1 is 1.08 bits per heavy atom. The second-order valence-electron chi connectivity index (χ2n) is 2.73. The Labute approximate surface area is 75.2 Å². The molecule has 0 atom stereocenters. The molecule has 0 aliphatic rings. The summed E-state index contributed by atoms with van der Waals surface area (Å²) in [4.78, 5) is 8.08. The molecular formula is C6H20O4P2. The average molecular weight is 218 g/mol. The Hall–Kier alpha value is 0.380. The lowest BCUT2D eigenvalue weighted by atomic mass is 11.8. The molecule has 0 spiro atoms. The third kappa shape index (κ3) is 79.9. The molecule has 0 saturated heterocycles. The van der Waals surface area contributed by atoms with Crippen molar-refractivity contribution in [3.05, 3.63) is 0 Å². The highest BCUT2D eigenvalue weighted by Gasteiger charge is 1.99. The first kappa shape index (κ1) is 18.2. The summed E-state index contributed by atoms with van der Waals surface area (Å²) >= 11 is 0. The third-order valence-electron chi connectivity index (χ3n) is 0.440. The summed E-state index contributed by atoms with van der Waals surface area (Å²) in [6.45, 7) is 5.75. The first-order chi connectivity index (χ1) is 4.56.